The van der Waals surface area contributed by atoms with Gasteiger partial charge in [-0.25, -0.2) is 13.4 Å². The van der Waals surface area contributed by atoms with Crippen LogP contribution in [0, 0.1) is 0 Å². The zero-order valence-electron chi connectivity index (χ0n) is 10.1. The largest absolute Gasteiger partial charge is 0.464 e. The normalized spacial score (nSPS) is 11.4. The Morgan fingerprint density at radius 3 is 2.50 bits per heavy atom. The second kappa shape index (κ2) is 4.81. The lowest BCUT2D eigenvalue weighted by atomic mass is 10.2. The van der Waals surface area contributed by atoms with Gasteiger partial charge in [0.05, 0.1) is 11.5 Å². The van der Waals surface area contributed by atoms with Crippen molar-refractivity contribution in [2.45, 2.75) is 11.8 Å². The van der Waals surface area contributed by atoms with Crippen LogP contribution in [0.1, 0.15) is 6.92 Å². The highest BCUT2D eigenvalue weighted by Crippen LogP contribution is 2.24. The van der Waals surface area contributed by atoms with E-state index in [4.69, 9.17) is 9.15 Å². The first-order chi connectivity index (χ1) is 8.50. The van der Waals surface area contributed by atoms with Gasteiger partial charge < -0.3 is 9.15 Å². The van der Waals surface area contributed by atoms with Crippen molar-refractivity contribution < 1.29 is 17.6 Å². The lowest BCUT2D eigenvalue weighted by Gasteiger charge is -1.99. The maximum Gasteiger partial charge on any atom is 0.305 e. The number of benzene rings is 1. The van der Waals surface area contributed by atoms with E-state index in [1.54, 1.807) is 12.1 Å². The maximum atomic E-state index is 11.3. The highest BCUT2D eigenvalue weighted by atomic mass is 32.2. The van der Waals surface area contributed by atoms with E-state index in [1.807, 2.05) is 6.92 Å². The first kappa shape index (κ1) is 12.6. The molecule has 0 unspecified atom stereocenters. The smallest absolute Gasteiger partial charge is 0.305 e. The lowest BCUT2D eigenvalue weighted by Crippen LogP contribution is -1.96. The minimum Gasteiger partial charge on any atom is -0.464 e. The van der Waals surface area contributed by atoms with Crippen LogP contribution >= 0.6 is 0 Å². The quantitative estimate of drug-likeness (QED) is 0.848. The average Bonchev–Trinajstić information content (AvgIpc) is 2.77. The number of sulfone groups is 1. The van der Waals surface area contributed by atoms with Crippen LogP contribution in [0.3, 0.4) is 0 Å². The molecule has 96 valence electrons. The predicted molar refractivity (Wildman–Crippen MR) is 66.2 cm³/mol. The molecule has 0 N–H and O–H groups in total. The van der Waals surface area contributed by atoms with Crippen LogP contribution in [0.2, 0.25) is 0 Å². The standard InChI is InChI=1S/C12H13NO4S/c1-3-16-11-8-13-12(17-11)9-4-6-10(7-5-9)18(2,14)15/h4-8H,3H2,1-2H3. The molecule has 0 spiro atoms. The van der Waals surface area contributed by atoms with E-state index in [0.29, 0.717) is 24.0 Å². The van der Waals surface area contributed by atoms with E-state index in [2.05, 4.69) is 4.98 Å². The maximum absolute atomic E-state index is 11.3. The fourth-order valence-electron chi connectivity index (χ4n) is 1.45. The zero-order chi connectivity index (χ0) is 13.2. The molecule has 1 heterocycles. The molecule has 2 aromatic rings. The minimum absolute atomic E-state index is 0.267. The number of oxazole rings is 1. The van der Waals surface area contributed by atoms with Crippen molar-refractivity contribution in [2.75, 3.05) is 12.9 Å². The number of rotatable bonds is 4. The lowest BCUT2D eigenvalue weighted by molar-refractivity contribution is 0.260. The van der Waals surface area contributed by atoms with Gasteiger partial charge in [-0.3, -0.25) is 0 Å². The summed E-state index contributed by atoms with van der Waals surface area (Å²) in [7, 11) is -3.18. The topological polar surface area (TPSA) is 69.4 Å². The van der Waals surface area contributed by atoms with Crippen molar-refractivity contribution in [2.24, 2.45) is 0 Å². The number of ether oxygens (including phenoxy) is 1. The van der Waals surface area contributed by atoms with E-state index >= 15 is 0 Å². The molecule has 0 aliphatic heterocycles. The van der Waals surface area contributed by atoms with Gasteiger partial charge in [0, 0.05) is 11.8 Å². The number of nitrogens with zero attached hydrogens (tertiary/aromatic N) is 1. The molecular weight excluding hydrogens is 254 g/mol. The zero-order valence-corrected chi connectivity index (χ0v) is 10.9. The molecule has 0 saturated carbocycles. The van der Waals surface area contributed by atoms with Crippen molar-refractivity contribution in [3.8, 4) is 17.4 Å². The SMILES string of the molecule is CCOc1cnc(-c2ccc(S(C)(=O)=O)cc2)o1. The summed E-state index contributed by atoms with van der Waals surface area (Å²) in [6.07, 6.45) is 2.66. The van der Waals surface area contributed by atoms with Crippen LogP contribution in [-0.4, -0.2) is 26.3 Å². The third-order valence-electron chi connectivity index (χ3n) is 2.30. The molecule has 6 heteroatoms. The van der Waals surface area contributed by atoms with E-state index in [9.17, 15) is 8.42 Å². The summed E-state index contributed by atoms with van der Waals surface area (Å²) < 4.78 is 33.1. The predicted octanol–water partition coefficient (Wildman–Crippen LogP) is 2.14. The van der Waals surface area contributed by atoms with Gasteiger partial charge in [0.1, 0.15) is 6.20 Å². The highest BCUT2D eigenvalue weighted by Gasteiger charge is 2.10. The van der Waals surface area contributed by atoms with Crippen molar-refractivity contribution in [3.63, 3.8) is 0 Å². The Kier molecular flexibility index (Phi) is 3.38. The Morgan fingerprint density at radius 2 is 1.94 bits per heavy atom. The van der Waals surface area contributed by atoms with Crippen LogP contribution in [0.25, 0.3) is 11.5 Å². The first-order valence-corrected chi connectivity index (χ1v) is 7.29. The summed E-state index contributed by atoms with van der Waals surface area (Å²) in [5.41, 5.74) is 0.702. The molecule has 0 amide bonds. The van der Waals surface area contributed by atoms with Crippen LogP contribution in [0.5, 0.6) is 5.95 Å². The molecule has 2 rings (SSSR count). The third-order valence-corrected chi connectivity index (χ3v) is 3.43. The molecule has 5 nitrogen and oxygen atoms in total. The van der Waals surface area contributed by atoms with Crippen molar-refractivity contribution in [1.82, 2.24) is 4.98 Å². The number of hydrogen-bond acceptors (Lipinski definition) is 5. The van der Waals surface area contributed by atoms with E-state index in [1.165, 1.54) is 24.6 Å². The van der Waals surface area contributed by atoms with Gasteiger partial charge in [-0.2, -0.15) is 0 Å². The Bertz CT molecular complexity index is 628. The molecule has 0 radical (unpaired) electrons. The van der Waals surface area contributed by atoms with Crippen molar-refractivity contribution in [3.05, 3.63) is 30.5 Å². The summed E-state index contributed by atoms with van der Waals surface area (Å²) >= 11 is 0. The molecule has 0 aliphatic carbocycles. The van der Waals surface area contributed by atoms with E-state index in [0.717, 1.165) is 0 Å². The summed E-state index contributed by atoms with van der Waals surface area (Å²) in [6, 6.07) is 6.35. The van der Waals surface area contributed by atoms with Gasteiger partial charge >= 0.3 is 5.95 Å². The average molecular weight is 267 g/mol. The Balaban J connectivity index is 2.28. The number of aromatic nitrogens is 1. The van der Waals surface area contributed by atoms with Crippen LogP contribution < -0.4 is 4.74 Å². The summed E-state index contributed by atoms with van der Waals surface area (Å²) in [5.74, 6) is 0.748. The Labute approximate surface area is 105 Å². The first-order valence-electron chi connectivity index (χ1n) is 5.40. The van der Waals surface area contributed by atoms with Gasteiger partial charge in [-0.15, -0.1) is 0 Å². The second-order valence-electron chi connectivity index (χ2n) is 3.71. The van der Waals surface area contributed by atoms with Gasteiger partial charge in [0.2, 0.25) is 5.89 Å². The molecule has 0 saturated heterocycles. The molecular formula is C12H13NO4S. The Morgan fingerprint density at radius 1 is 1.28 bits per heavy atom. The van der Waals surface area contributed by atoms with E-state index in [-0.39, 0.29) is 4.90 Å². The van der Waals surface area contributed by atoms with Gasteiger partial charge in [-0.05, 0) is 31.2 Å². The molecule has 0 fully saturated rings. The van der Waals surface area contributed by atoms with Gasteiger partial charge in [0.25, 0.3) is 0 Å². The molecule has 0 atom stereocenters. The van der Waals surface area contributed by atoms with Crippen LogP contribution in [0.15, 0.2) is 39.8 Å². The van der Waals surface area contributed by atoms with Gasteiger partial charge in [-0.1, -0.05) is 0 Å². The van der Waals surface area contributed by atoms with Crippen molar-refractivity contribution in [1.29, 1.82) is 0 Å². The van der Waals surface area contributed by atoms with Crippen molar-refractivity contribution >= 4 is 9.84 Å². The summed E-state index contributed by atoms with van der Waals surface area (Å²) in [6.45, 7) is 2.35. The Hall–Kier alpha value is -1.82. The second-order valence-corrected chi connectivity index (χ2v) is 5.73. The molecule has 0 bridgehead atoms. The minimum atomic E-state index is -3.18. The third kappa shape index (κ3) is 2.70. The van der Waals surface area contributed by atoms with Crippen LogP contribution in [-0.2, 0) is 9.84 Å². The van der Waals surface area contributed by atoms with Gasteiger partial charge in [0.15, 0.2) is 9.84 Å². The van der Waals surface area contributed by atoms with Crippen LogP contribution in [0.4, 0.5) is 0 Å². The molecule has 0 aliphatic rings. The molecule has 1 aromatic carbocycles. The fraction of sp³-hybridized carbons (Fsp3) is 0.250. The highest BCUT2D eigenvalue weighted by molar-refractivity contribution is 7.90. The molecule has 18 heavy (non-hydrogen) atoms. The monoisotopic (exact) mass is 267 g/mol. The molecule has 1 aromatic heterocycles. The fourth-order valence-corrected chi connectivity index (χ4v) is 2.08. The summed E-state index contributed by atoms with van der Waals surface area (Å²) in [4.78, 5) is 4.32. The number of hydrogen-bond donors (Lipinski definition) is 0. The summed E-state index contributed by atoms with van der Waals surface area (Å²) in [5, 5.41) is 0. The van der Waals surface area contributed by atoms with E-state index < -0.39 is 9.84 Å².